The van der Waals surface area contributed by atoms with Crippen LogP contribution in [0.5, 0.6) is 0 Å². The Hall–Kier alpha value is -2.78. The Morgan fingerprint density at radius 2 is 1.87 bits per heavy atom. The summed E-state index contributed by atoms with van der Waals surface area (Å²) in [5.41, 5.74) is 2.04. The van der Waals surface area contributed by atoms with Gasteiger partial charge in [-0.2, -0.15) is 13.5 Å². The molecule has 0 spiro atoms. The summed E-state index contributed by atoms with van der Waals surface area (Å²) in [7, 11) is -4.23. The van der Waals surface area contributed by atoms with Crippen molar-refractivity contribution in [3.8, 4) is 0 Å². The van der Waals surface area contributed by atoms with Crippen molar-refractivity contribution >= 4 is 26.7 Å². The second-order valence-corrected chi connectivity index (χ2v) is 6.38. The number of hydrogen-bond acceptors (Lipinski definition) is 5. The lowest BCUT2D eigenvalue weighted by Gasteiger charge is -2.02. The minimum atomic E-state index is -4.23. The highest BCUT2D eigenvalue weighted by Crippen LogP contribution is 2.24. The Kier molecular flexibility index (Phi) is 3.58. The third-order valence-corrected chi connectivity index (χ3v) is 4.30. The minimum absolute atomic E-state index is 0.0260. The van der Waals surface area contributed by atoms with Gasteiger partial charge in [0.2, 0.25) is 0 Å². The van der Waals surface area contributed by atoms with Crippen molar-refractivity contribution in [3.05, 3.63) is 63.8 Å². The van der Waals surface area contributed by atoms with Gasteiger partial charge in [0.1, 0.15) is 0 Å². The molecule has 2 N–H and O–H groups in total. The van der Waals surface area contributed by atoms with E-state index in [0.717, 1.165) is 5.56 Å². The molecule has 0 unspecified atom stereocenters. The van der Waals surface area contributed by atoms with E-state index in [2.05, 4.69) is 10.2 Å². The lowest BCUT2D eigenvalue weighted by atomic mass is 10.1. The standard InChI is InChI=1S/C14H11N3O5S/c18-17(19)10-3-6-13-12(8-10)14(16-15-13)7-9-1-4-11(5-2-9)23(20,21)22/h1-6,8H,7H2,(H,15,16)(H,20,21,22). The van der Waals surface area contributed by atoms with E-state index in [4.69, 9.17) is 4.55 Å². The monoisotopic (exact) mass is 333 g/mol. The average Bonchev–Trinajstić information content (AvgIpc) is 2.89. The number of aromatic nitrogens is 2. The summed E-state index contributed by atoms with van der Waals surface area (Å²) in [4.78, 5) is 10.2. The maximum atomic E-state index is 11.0. The molecule has 118 valence electrons. The molecule has 0 atom stereocenters. The number of hydrogen-bond donors (Lipinski definition) is 2. The predicted octanol–water partition coefficient (Wildman–Crippen LogP) is 2.31. The number of nitro groups is 1. The Balaban J connectivity index is 1.95. The molecule has 8 nitrogen and oxygen atoms in total. The van der Waals surface area contributed by atoms with Gasteiger partial charge in [-0.15, -0.1) is 0 Å². The average molecular weight is 333 g/mol. The minimum Gasteiger partial charge on any atom is -0.282 e. The summed E-state index contributed by atoms with van der Waals surface area (Å²) in [6, 6.07) is 10.1. The Labute approximate surface area is 130 Å². The Morgan fingerprint density at radius 1 is 1.17 bits per heavy atom. The molecule has 9 heteroatoms. The number of aromatic amines is 1. The summed E-state index contributed by atoms with van der Waals surface area (Å²) < 4.78 is 31.0. The highest BCUT2D eigenvalue weighted by atomic mass is 32.2. The Bertz CT molecular complexity index is 993. The number of nitrogens with zero attached hydrogens (tertiary/aromatic N) is 2. The van der Waals surface area contributed by atoms with Crippen LogP contribution in [0.4, 0.5) is 5.69 Å². The van der Waals surface area contributed by atoms with Gasteiger partial charge in [0.05, 0.1) is 15.3 Å². The van der Waals surface area contributed by atoms with Gasteiger partial charge in [0, 0.05) is 29.6 Å². The van der Waals surface area contributed by atoms with Crippen LogP contribution in [0, 0.1) is 10.1 Å². The van der Waals surface area contributed by atoms with Crippen molar-refractivity contribution in [2.45, 2.75) is 11.3 Å². The molecule has 0 radical (unpaired) electrons. The van der Waals surface area contributed by atoms with Gasteiger partial charge in [-0.25, -0.2) is 0 Å². The molecule has 0 saturated carbocycles. The fourth-order valence-electron chi connectivity index (χ4n) is 2.28. The van der Waals surface area contributed by atoms with Gasteiger partial charge in [-0.1, -0.05) is 12.1 Å². The zero-order valence-corrected chi connectivity index (χ0v) is 12.4. The molecular weight excluding hydrogens is 322 g/mol. The maximum Gasteiger partial charge on any atom is 0.294 e. The van der Waals surface area contributed by atoms with E-state index < -0.39 is 15.0 Å². The molecule has 0 bridgehead atoms. The first-order chi connectivity index (χ1) is 10.8. The topological polar surface area (TPSA) is 126 Å². The zero-order valence-electron chi connectivity index (χ0n) is 11.6. The van der Waals surface area contributed by atoms with Gasteiger partial charge in [-0.3, -0.25) is 19.8 Å². The predicted molar refractivity (Wildman–Crippen MR) is 81.8 cm³/mol. The molecule has 0 saturated heterocycles. The highest BCUT2D eigenvalue weighted by Gasteiger charge is 2.13. The largest absolute Gasteiger partial charge is 0.294 e. The first-order valence-electron chi connectivity index (χ1n) is 6.52. The van der Waals surface area contributed by atoms with Gasteiger partial charge in [0.25, 0.3) is 15.8 Å². The molecule has 3 aromatic rings. The van der Waals surface area contributed by atoms with Crippen molar-refractivity contribution < 1.29 is 17.9 Å². The zero-order chi connectivity index (χ0) is 16.6. The van der Waals surface area contributed by atoms with Crippen LogP contribution in [0.25, 0.3) is 10.9 Å². The molecule has 23 heavy (non-hydrogen) atoms. The van der Waals surface area contributed by atoms with Crippen LogP contribution < -0.4 is 0 Å². The summed E-state index contributed by atoms with van der Waals surface area (Å²) in [5, 5.41) is 18.4. The van der Waals surface area contributed by atoms with E-state index in [1.165, 1.54) is 24.3 Å². The van der Waals surface area contributed by atoms with Crippen LogP contribution in [0.3, 0.4) is 0 Å². The summed E-state index contributed by atoms with van der Waals surface area (Å²) in [6.45, 7) is 0. The van der Waals surface area contributed by atoms with Gasteiger partial charge in [0.15, 0.2) is 0 Å². The number of fused-ring (bicyclic) bond motifs is 1. The first kappa shape index (κ1) is 15.1. The van der Waals surface area contributed by atoms with Gasteiger partial charge >= 0.3 is 0 Å². The molecule has 0 aliphatic carbocycles. The van der Waals surface area contributed by atoms with E-state index in [0.29, 0.717) is 23.0 Å². The van der Waals surface area contributed by atoms with Crippen LogP contribution in [0.15, 0.2) is 47.4 Å². The van der Waals surface area contributed by atoms with Crippen LogP contribution in [0.1, 0.15) is 11.3 Å². The second-order valence-electron chi connectivity index (χ2n) is 4.96. The second kappa shape index (κ2) is 5.45. The number of nitro benzene ring substituents is 1. The molecule has 2 aromatic carbocycles. The number of nitrogens with one attached hydrogen (secondary N) is 1. The number of benzene rings is 2. The summed E-state index contributed by atoms with van der Waals surface area (Å²) in [5.74, 6) is 0. The molecule has 3 rings (SSSR count). The fourth-order valence-corrected chi connectivity index (χ4v) is 2.76. The van der Waals surface area contributed by atoms with E-state index in [9.17, 15) is 18.5 Å². The Morgan fingerprint density at radius 3 is 2.48 bits per heavy atom. The quantitative estimate of drug-likeness (QED) is 0.428. The lowest BCUT2D eigenvalue weighted by Crippen LogP contribution is -1.98. The third kappa shape index (κ3) is 3.05. The third-order valence-electron chi connectivity index (χ3n) is 3.43. The molecule has 0 fully saturated rings. The summed E-state index contributed by atoms with van der Waals surface area (Å²) >= 11 is 0. The van der Waals surface area contributed by atoms with E-state index in [-0.39, 0.29) is 10.6 Å². The number of non-ortho nitro benzene ring substituents is 1. The van der Waals surface area contributed by atoms with Crippen LogP contribution in [-0.4, -0.2) is 28.1 Å². The summed E-state index contributed by atoms with van der Waals surface area (Å²) in [6.07, 6.45) is 0.392. The van der Waals surface area contributed by atoms with Gasteiger partial charge in [-0.05, 0) is 23.8 Å². The number of H-pyrrole nitrogens is 1. The molecule has 0 amide bonds. The van der Waals surface area contributed by atoms with Crippen molar-refractivity contribution in [1.82, 2.24) is 10.2 Å². The van der Waals surface area contributed by atoms with Crippen molar-refractivity contribution in [3.63, 3.8) is 0 Å². The highest BCUT2D eigenvalue weighted by molar-refractivity contribution is 7.85. The van der Waals surface area contributed by atoms with Gasteiger partial charge < -0.3 is 0 Å². The van der Waals surface area contributed by atoms with E-state index in [1.54, 1.807) is 18.2 Å². The molecular formula is C14H11N3O5S. The fraction of sp³-hybridized carbons (Fsp3) is 0.0714. The van der Waals surface area contributed by atoms with Crippen LogP contribution in [-0.2, 0) is 16.5 Å². The normalized spacial score (nSPS) is 11.7. The first-order valence-corrected chi connectivity index (χ1v) is 7.96. The molecule has 0 aliphatic heterocycles. The maximum absolute atomic E-state index is 11.0. The molecule has 0 aliphatic rings. The van der Waals surface area contributed by atoms with Crippen LogP contribution in [0.2, 0.25) is 0 Å². The molecule has 1 aromatic heterocycles. The molecule has 1 heterocycles. The van der Waals surface area contributed by atoms with Crippen molar-refractivity contribution in [1.29, 1.82) is 0 Å². The lowest BCUT2D eigenvalue weighted by molar-refractivity contribution is -0.384. The van der Waals surface area contributed by atoms with E-state index in [1.807, 2.05) is 0 Å². The van der Waals surface area contributed by atoms with Crippen molar-refractivity contribution in [2.75, 3.05) is 0 Å². The van der Waals surface area contributed by atoms with Crippen LogP contribution >= 0.6 is 0 Å². The van der Waals surface area contributed by atoms with Crippen molar-refractivity contribution in [2.24, 2.45) is 0 Å². The SMILES string of the molecule is O=[N+]([O-])c1ccc2n[nH]c(Cc3ccc(S(=O)(=O)O)cc3)c2c1. The number of rotatable bonds is 4. The van der Waals surface area contributed by atoms with E-state index >= 15 is 0 Å². The smallest absolute Gasteiger partial charge is 0.282 e.